The summed E-state index contributed by atoms with van der Waals surface area (Å²) < 4.78 is 10.7. The molecule has 108 valence electrons. The molecule has 1 heterocycles. The minimum Gasteiger partial charge on any atom is -0.494 e. The van der Waals surface area contributed by atoms with Gasteiger partial charge in [0.15, 0.2) is 0 Å². The second-order valence-electron chi connectivity index (χ2n) is 4.58. The van der Waals surface area contributed by atoms with E-state index in [2.05, 4.69) is 17.1 Å². The van der Waals surface area contributed by atoms with Crippen molar-refractivity contribution in [2.24, 2.45) is 0 Å². The maximum absolute atomic E-state index is 5.74. The molecule has 0 saturated heterocycles. The van der Waals surface area contributed by atoms with E-state index >= 15 is 0 Å². The number of halogens is 1. The first-order valence-corrected chi connectivity index (χ1v) is 7.48. The maximum Gasteiger partial charge on any atom is 0.241 e. The van der Waals surface area contributed by atoms with Crippen molar-refractivity contribution in [3.8, 4) is 17.1 Å². The fraction of sp³-hybridized carbons (Fsp3) is 0.467. The average molecular weight is 295 g/mol. The molecule has 2 aromatic rings. The number of aromatic nitrogens is 2. The standard InChI is InChI=1S/C15H19ClN2O2/c1-2-3-4-5-9-19-13-8-6-7-12(10-13)15-17-14(11-16)20-18-15/h6-8,10H,2-5,9,11H2,1H3. The first-order valence-electron chi connectivity index (χ1n) is 6.95. The highest BCUT2D eigenvalue weighted by atomic mass is 35.5. The van der Waals surface area contributed by atoms with Gasteiger partial charge in [0.05, 0.1) is 6.61 Å². The van der Waals surface area contributed by atoms with Gasteiger partial charge in [-0.15, -0.1) is 11.6 Å². The summed E-state index contributed by atoms with van der Waals surface area (Å²) >= 11 is 5.65. The van der Waals surface area contributed by atoms with Crippen LogP contribution < -0.4 is 4.74 Å². The van der Waals surface area contributed by atoms with Crippen LogP contribution in [-0.2, 0) is 5.88 Å². The minimum atomic E-state index is 0.223. The van der Waals surface area contributed by atoms with Crippen molar-refractivity contribution < 1.29 is 9.26 Å². The van der Waals surface area contributed by atoms with E-state index in [4.69, 9.17) is 20.9 Å². The number of hydrogen-bond donors (Lipinski definition) is 0. The third-order valence-corrected chi connectivity index (χ3v) is 3.17. The van der Waals surface area contributed by atoms with E-state index in [1.165, 1.54) is 19.3 Å². The van der Waals surface area contributed by atoms with Crippen LogP contribution in [0.15, 0.2) is 28.8 Å². The molecule has 0 N–H and O–H groups in total. The Morgan fingerprint density at radius 2 is 2.15 bits per heavy atom. The lowest BCUT2D eigenvalue weighted by Gasteiger charge is -2.06. The monoisotopic (exact) mass is 294 g/mol. The lowest BCUT2D eigenvalue weighted by molar-refractivity contribution is 0.305. The molecular formula is C15H19ClN2O2. The Kier molecular flexibility index (Phi) is 5.87. The van der Waals surface area contributed by atoms with Gasteiger partial charge in [-0.05, 0) is 18.6 Å². The molecular weight excluding hydrogens is 276 g/mol. The number of nitrogens with zero attached hydrogens (tertiary/aromatic N) is 2. The predicted molar refractivity (Wildman–Crippen MR) is 78.9 cm³/mol. The molecule has 20 heavy (non-hydrogen) atoms. The van der Waals surface area contributed by atoms with Gasteiger partial charge < -0.3 is 9.26 Å². The average Bonchev–Trinajstić information content (AvgIpc) is 2.96. The van der Waals surface area contributed by atoms with Crippen LogP contribution in [0.5, 0.6) is 5.75 Å². The molecule has 0 aliphatic rings. The molecule has 0 aliphatic carbocycles. The van der Waals surface area contributed by atoms with Crippen molar-refractivity contribution in [3.05, 3.63) is 30.2 Å². The van der Waals surface area contributed by atoms with Crippen LogP contribution in [-0.4, -0.2) is 16.7 Å². The van der Waals surface area contributed by atoms with Crippen molar-refractivity contribution in [2.45, 2.75) is 38.5 Å². The van der Waals surface area contributed by atoms with E-state index in [0.717, 1.165) is 24.3 Å². The van der Waals surface area contributed by atoms with Crippen LogP contribution in [0.3, 0.4) is 0 Å². The van der Waals surface area contributed by atoms with Crippen LogP contribution in [0.25, 0.3) is 11.4 Å². The lowest BCUT2D eigenvalue weighted by atomic mass is 10.2. The van der Waals surface area contributed by atoms with Crippen molar-refractivity contribution in [3.63, 3.8) is 0 Å². The second-order valence-corrected chi connectivity index (χ2v) is 4.85. The molecule has 0 unspecified atom stereocenters. The molecule has 4 nitrogen and oxygen atoms in total. The van der Waals surface area contributed by atoms with Crippen molar-refractivity contribution >= 4 is 11.6 Å². The topological polar surface area (TPSA) is 48.2 Å². The highest BCUT2D eigenvalue weighted by molar-refractivity contribution is 6.16. The Labute approximate surface area is 124 Å². The van der Waals surface area contributed by atoms with Gasteiger partial charge in [0.25, 0.3) is 0 Å². The molecule has 0 radical (unpaired) electrons. The van der Waals surface area contributed by atoms with Gasteiger partial charge in [-0.2, -0.15) is 4.98 Å². The van der Waals surface area contributed by atoms with Gasteiger partial charge in [0.2, 0.25) is 11.7 Å². The molecule has 0 bridgehead atoms. The molecule has 2 rings (SSSR count). The van der Waals surface area contributed by atoms with Crippen LogP contribution >= 0.6 is 11.6 Å². The van der Waals surface area contributed by atoms with Crippen LogP contribution in [0.4, 0.5) is 0 Å². The Morgan fingerprint density at radius 3 is 2.90 bits per heavy atom. The summed E-state index contributed by atoms with van der Waals surface area (Å²) in [5.41, 5.74) is 0.871. The molecule has 1 aromatic carbocycles. The van der Waals surface area contributed by atoms with Gasteiger partial charge in [0.1, 0.15) is 11.6 Å². The van der Waals surface area contributed by atoms with Gasteiger partial charge in [-0.25, -0.2) is 0 Å². The molecule has 5 heteroatoms. The van der Waals surface area contributed by atoms with Crippen molar-refractivity contribution in [2.75, 3.05) is 6.61 Å². The second kappa shape index (κ2) is 7.90. The summed E-state index contributed by atoms with van der Waals surface area (Å²) in [6, 6.07) is 7.70. The number of hydrogen-bond acceptors (Lipinski definition) is 4. The maximum atomic E-state index is 5.74. The highest BCUT2D eigenvalue weighted by Crippen LogP contribution is 2.22. The SMILES string of the molecule is CCCCCCOc1cccc(-c2noc(CCl)n2)c1. The number of rotatable bonds is 8. The van der Waals surface area contributed by atoms with E-state index in [9.17, 15) is 0 Å². The fourth-order valence-corrected chi connectivity index (χ4v) is 1.98. The van der Waals surface area contributed by atoms with Crippen molar-refractivity contribution in [1.29, 1.82) is 0 Å². The number of benzene rings is 1. The number of ether oxygens (including phenoxy) is 1. The van der Waals surface area contributed by atoms with E-state index in [1.807, 2.05) is 24.3 Å². The summed E-state index contributed by atoms with van der Waals surface area (Å²) in [6.45, 7) is 2.94. The quantitative estimate of drug-likeness (QED) is 0.533. The fourth-order valence-electron chi connectivity index (χ4n) is 1.87. The smallest absolute Gasteiger partial charge is 0.241 e. The predicted octanol–water partition coefficient (Wildman–Crippen LogP) is 4.43. The van der Waals surface area contributed by atoms with Gasteiger partial charge in [-0.1, -0.05) is 43.5 Å². The van der Waals surface area contributed by atoms with E-state index in [1.54, 1.807) is 0 Å². The molecule has 0 spiro atoms. The van der Waals surface area contributed by atoms with Crippen LogP contribution in [0.1, 0.15) is 38.5 Å². The Bertz CT molecular complexity index is 528. The third kappa shape index (κ3) is 4.23. The minimum absolute atomic E-state index is 0.223. The summed E-state index contributed by atoms with van der Waals surface area (Å²) in [6.07, 6.45) is 4.78. The highest BCUT2D eigenvalue weighted by Gasteiger charge is 2.08. The molecule has 0 fully saturated rings. The summed E-state index contributed by atoms with van der Waals surface area (Å²) in [4.78, 5) is 4.20. The van der Waals surface area contributed by atoms with E-state index in [0.29, 0.717) is 11.7 Å². The van der Waals surface area contributed by atoms with E-state index in [-0.39, 0.29) is 5.88 Å². The lowest BCUT2D eigenvalue weighted by Crippen LogP contribution is -1.97. The first-order chi connectivity index (χ1) is 9.83. The number of alkyl halides is 1. The van der Waals surface area contributed by atoms with Crippen LogP contribution in [0.2, 0.25) is 0 Å². The molecule has 0 aliphatic heterocycles. The Balaban J connectivity index is 1.93. The molecule has 0 saturated carbocycles. The molecule has 1 aromatic heterocycles. The van der Waals surface area contributed by atoms with Gasteiger partial charge in [0, 0.05) is 5.56 Å². The normalized spacial score (nSPS) is 10.7. The third-order valence-electron chi connectivity index (χ3n) is 2.94. The van der Waals surface area contributed by atoms with Crippen molar-refractivity contribution in [1.82, 2.24) is 10.1 Å². The van der Waals surface area contributed by atoms with E-state index < -0.39 is 0 Å². The summed E-state index contributed by atoms with van der Waals surface area (Å²) in [5.74, 6) is 2.02. The van der Waals surface area contributed by atoms with Crippen LogP contribution in [0, 0.1) is 0 Å². The summed E-state index contributed by atoms with van der Waals surface area (Å²) in [7, 11) is 0. The Morgan fingerprint density at radius 1 is 1.25 bits per heavy atom. The largest absolute Gasteiger partial charge is 0.494 e. The van der Waals surface area contributed by atoms with Gasteiger partial charge >= 0.3 is 0 Å². The molecule has 0 amide bonds. The zero-order valence-electron chi connectivity index (χ0n) is 11.6. The first kappa shape index (κ1) is 14.9. The van der Waals surface area contributed by atoms with Gasteiger partial charge in [-0.3, -0.25) is 0 Å². The Hall–Kier alpha value is -1.55. The number of unbranched alkanes of at least 4 members (excludes halogenated alkanes) is 3. The summed E-state index contributed by atoms with van der Waals surface area (Å²) in [5, 5.41) is 3.89. The zero-order chi connectivity index (χ0) is 14.2. The zero-order valence-corrected chi connectivity index (χ0v) is 12.4. The molecule has 0 atom stereocenters.